The highest BCUT2D eigenvalue weighted by atomic mass is 16.6. The standard InChI is InChI=1S/C29H17N9O5/c1-17(27-33-24-4-2-3-5-25(24)34-27)35-36-28(32-16-18-6-10-20(11-7-18)37(40)41)22(14-30)26(23(15-31)29(36)39)19-8-12-21(13-9-19)38(42)43/h2-13,16H,1H3,(H,33,34)/b32-16+,35-17+. The van der Waals surface area contributed by atoms with Crippen LogP contribution in [0.5, 0.6) is 0 Å². The maximum atomic E-state index is 13.8. The molecule has 0 aliphatic heterocycles. The number of nitro benzene ring substituents is 2. The molecule has 0 fully saturated rings. The van der Waals surface area contributed by atoms with E-state index in [1.165, 1.54) is 54.7 Å². The number of fused-ring (bicyclic) bond motifs is 1. The lowest BCUT2D eigenvalue weighted by molar-refractivity contribution is -0.385. The summed E-state index contributed by atoms with van der Waals surface area (Å²) >= 11 is 0. The van der Waals surface area contributed by atoms with Crippen molar-refractivity contribution in [3.8, 4) is 23.3 Å². The maximum absolute atomic E-state index is 13.8. The zero-order chi connectivity index (χ0) is 30.7. The van der Waals surface area contributed by atoms with Crippen LogP contribution in [0, 0.1) is 42.9 Å². The van der Waals surface area contributed by atoms with Crippen LogP contribution in [0.15, 0.2) is 87.7 Å². The summed E-state index contributed by atoms with van der Waals surface area (Å²) in [6.45, 7) is 1.58. The number of nitrogens with zero attached hydrogens (tertiary/aromatic N) is 8. The molecule has 14 heteroatoms. The molecule has 0 atom stereocenters. The molecule has 0 bridgehead atoms. The fourth-order valence-electron chi connectivity index (χ4n) is 4.25. The summed E-state index contributed by atoms with van der Waals surface area (Å²) in [5.41, 5.74) is 0.245. The van der Waals surface area contributed by atoms with Crippen LogP contribution in [0.2, 0.25) is 0 Å². The molecule has 43 heavy (non-hydrogen) atoms. The zero-order valence-corrected chi connectivity index (χ0v) is 22.1. The number of hydrogen-bond donors (Lipinski definition) is 1. The van der Waals surface area contributed by atoms with Gasteiger partial charge in [-0.1, -0.05) is 12.1 Å². The van der Waals surface area contributed by atoms with Gasteiger partial charge in [0, 0.05) is 36.0 Å². The molecule has 0 aliphatic rings. The monoisotopic (exact) mass is 571 g/mol. The Labute approximate surface area is 241 Å². The van der Waals surface area contributed by atoms with Crippen LogP contribution >= 0.6 is 0 Å². The smallest absolute Gasteiger partial charge is 0.291 e. The number of nitrogens with one attached hydrogen (secondary N) is 1. The van der Waals surface area contributed by atoms with Gasteiger partial charge in [0.25, 0.3) is 16.9 Å². The van der Waals surface area contributed by atoms with Gasteiger partial charge in [-0.15, -0.1) is 0 Å². The molecule has 5 aromatic rings. The van der Waals surface area contributed by atoms with E-state index in [1.807, 2.05) is 30.3 Å². The Balaban J connectivity index is 1.76. The van der Waals surface area contributed by atoms with Crippen molar-refractivity contribution < 1.29 is 9.85 Å². The molecule has 2 heterocycles. The van der Waals surface area contributed by atoms with Gasteiger partial charge in [0.1, 0.15) is 29.0 Å². The molecular formula is C29H17N9O5. The van der Waals surface area contributed by atoms with Crippen molar-refractivity contribution in [3.63, 3.8) is 0 Å². The van der Waals surface area contributed by atoms with Gasteiger partial charge in [0.15, 0.2) is 11.6 Å². The third-order valence-corrected chi connectivity index (χ3v) is 6.34. The molecule has 0 saturated carbocycles. The average Bonchev–Trinajstić information content (AvgIpc) is 3.46. The average molecular weight is 572 g/mol. The van der Waals surface area contributed by atoms with Gasteiger partial charge < -0.3 is 4.98 Å². The van der Waals surface area contributed by atoms with Crippen molar-refractivity contribution in [2.24, 2.45) is 10.1 Å². The molecular weight excluding hydrogens is 554 g/mol. The van der Waals surface area contributed by atoms with E-state index in [2.05, 4.69) is 20.1 Å². The Hall–Kier alpha value is -6.80. The SMILES string of the molecule is C/C(=N\n1c(/N=C/c2ccc([N+](=O)[O-])cc2)c(C#N)c(-c2ccc([N+](=O)[O-])cc2)c(C#N)c1=O)c1nc2ccccc2[nH]1. The number of hydrogen-bond acceptors (Lipinski definition) is 10. The van der Waals surface area contributed by atoms with Crippen molar-refractivity contribution in [1.29, 1.82) is 10.5 Å². The minimum absolute atomic E-state index is 0.0754. The summed E-state index contributed by atoms with van der Waals surface area (Å²) in [5.74, 6) is 0.0866. The van der Waals surface area contributed by atoms with Crippen LogP contribution in [0.1, 0.15) is 29.4 Å². The van der Waals surface area contributed by atoms with Gasteiger partial charge in [0.2, 0.25) is 0 Å². The van der Waals surface area contributed by atoms with Crippen molar-refractivity contribution in [2.45, 2.75) is 6.92 Å². The van der Waals surface area contributed by atoms with Crippen LogP contribution in [0.4, 0.5) is 17.2 Å². The normalized spacial score (nSPS) is 11.4. The number of pyridine rings is 1. The van der Waals surface area contributed by atoms with E-state index in [9.17, 15) is 35.5 Å². The topological polar surface area (TPSA) is 209 Å². The number of nitro groups is 2. The fourth-order valence-corrected chi connectivity index (χ4v) is 4.25. The first-order valence-corrected chi connectivity index (χ1v) is 12.4. The maximum Gasteiger partial charge on any atom is 0.291 e. The summed E-state index contributed by atoms with van der Waals surface area (Å²) in [5, 5.41) is 46.9. The van der Waals surface area contributed by atoms with Gasteiger partial charge in [-0.25, -0.2) is 9.98 Å². The van der Waals surface area contributed by atoms with Crippen LogP contribution in [0.3, 0.4) is 0 Å². The number of aromatic nitrogens is 3. The minimum atomic E-state index is -0.902. The highest BCUT2D eigenvalue weighted by molar-refractivity contribution is 5.98. The fraction of sp³-hybridized carbons (Fsp3) is 0.0345. The number of nitriles is 2. The van der Waals surface area contributed by atoms with Gasteiger partial charge in [0.05, 0.1) is 20.9 Å². The second kappa shape index (κ2) is 11.4. The molecule has 0 spiro atoms. The molecule has 0 unspecified atom stereocenters. The lowest BCUT2D eigenvalue weighted by atomic mass is 9.96. The summed E-state index contributed by atoms with van der Waals surface area (Å²) in [6, 6.07) is 21.5. The third-order valence-electron chi connectivity index (χ3n) is 6.34. The molecule has 1 N–H and O–H groups in total. The first kappa shape index (κ1) is 27.8. The Morgan fingerprint density at radius 2 is 1.53 bits per heavy atom. The zero-order valence-electron chi connectivity index (χ0n) is 22.1. The van der Waals surface area contributed by atoms with Gasteiger partial charge in [-0.05, 0) is 54.4 Å². The molecule has 0 radical (unpaired) electrons. The Morgan fingerprint density at radius 1 is 0.930 bits per heavy atom. The van der Waals surface area contributed by atoms with Crippen LogP contribution in [-0.2, 0) is 0 Å². The van der Waals surface area contributed by atoms with E-state index >= 15 is 0 Å². The molecule has 2 aromatic heterocycles. The van der Waals surface area contributed by atoms with E-state index in [4.69, 9.17) is 0 Å². The number of aromatic amines is 1. The predicted molar refractivity (Wildman–Crippen MR) is 156 cm³/mol. The van der Waals surface area contributed by atoms with Crippen molar-refractivity contribution >= 4 is 40.2 Å². The van der Waals surface area contributed by atoms with E-state index in [1.54, 1.807) is 13.0 Å². The molecule has 14 nitrogen and oxygen atoms in total. The molecule has 0 amide bonds. The van der Waals surface area contributed by atoms with E-state index in [-0.39, 0.29) is 39.6 Å². The largest absolute Gasteiger partial charge is 0.337 e. The molecule has 208 valence electrons. The summed E-state index contributed by atoms with van der Waals surface area (Å²) in [4.78, 5) is 46.8. The number of H-pyrrole nitrogens is 1. The van der Waals surface area contributed by atoms with Crippen LogP contribution < -0.4 is 5.56 Å². The van der Waals surface area contributed by atoms with Crippen LogP contribution in [-0.4, -0.2) is 36.4 Å². The lowest BCUT2D eigenvalue weighted by Gasteiger charge is -2.13. The minimum Gasteiger partial charge on any atom is -0.337 e. The lowest BCUT2D eigenvalue weighted by Crippen LogP contribution is -2.23. The van der Waals surface area contributed by atoms with E-state index < -0.39 is 21.0 Å². The molecule has 5 rings (SSSR count). The van der Waals surface area contributed by atoms with Crippen molar-refractivity contribution in [3.05, 3.63) is 126 Å². The first-order chi connectivity index (χ1) is 20.7. The second-order valence-electron chi connectivity index (χ2n) is 8.99. The number of imidazole rings is 1. The number of benzene rings is 3. The Bertz CT molecular complexity index is 2100. The summed E-state index contributed by atoms with van der Waals surface area (Å²) < 4.78 is 0.816. The highest BCUT2D eigenvalue weighted by Gasteiger charge is 2.24. The third kappa shape index (κ3) is 5.34. The molecule has 3 aromatic carbocycles. The Kier molecular flexibility index (Phi) is 7.33. The highest BCUT2D eigenvalue weighted by Crippen LogP contribution is 2.33. The quantitative estimate of drug-likeness (QED) is 0.160. The summed E-state index contributed by atoms with van der Waals surface area (Å²) in [6.07, 6.45) is 1.29. The van der Waals surface area contributed by atoms with Gasteiger partial charge >= 0.3 is 0 Å². The van der Waals surface area contributed by atoms with Crippen LogP contribution in [0.25, 0.3) is 22.2 Å². The van der Waals surface area contributed by atoms with Gasteiger partial charge in [-0.2, -0.15) is 20.3 Å². The second-order valence-corrected chi connectivity index (χ2v) is 8.99. The molecule has 0 saturated heterocycles. The van der Waals surface area contributed by atoms with Crippen molar-refractivity contribution in [1.82, 2.24) is 14.6 Å². The number of non-ortho nitro benzene ring substituents is 2. The summed E-state index contributed by atoms with van der Waals surface area (Å²) in [7, 11) is 0. The number of aliphatic imine (C=N–C) groups is 1. The predicted octanol–water partition coefficient (Wildman–Crippen LogP) is 4.97. The first-order valence-electron chi connectivity index (χ1n) is 12.4. The number of rotatable bonds is 7. The van der Waals surface area contributed by atoms with E-state index in [0.29, 0.717) is 16.9 Å². The number of para-hydroxylation sites is 2. The molecule has 0 aliphatic carbocycles. The Morgan fingerprint density at radius 3 is 2.12 bits per heavy atom. The van der Waals surface area contributed by atoms with Crippen molar-refractivity contribution in [2.75, 3.05) is 0 Å². The van der Waals surface area contributed by atoms with Gasteiger partial charge in [-0.3, -0.25) is 25.0 Å². The van der Waals surface area contributed by atoms with E-state index in [0.717, 1.165) is 10.2 Å².